The first-order valence-corrected chi connectivity index (χ1v) is 24.6. The van der Waals surface area contributed by atoms with Gasteiger partial charge in [-0.25, -0.2) is 14.4 Å². The number of rotatable bonds is 28. The third-order valence-electron chi connectivity index (χ3n) is 12.7. The molecule has 4 rings (SSSR count). The molecule has 26 nitrogen and oxygen atoms in total. The van der Waals surface area contributed by atoms with E-state index in [1.54, 1.807) is 14.7 Å². The second-order valence-corrected chi connectivity index (χ2v) is 18.2. The van der Waals surface area contributed by atoms with E-state index in [-0.39, 0.29) is 77.0 Å². The Balaban J connectivity index is 1.29. The highest BCUT2D eigenvalue weighted by Gasteiger charge is 2.29. The SMILES string of the molecule is O=COCN1CCN(CC(=O)O)CCN(CC(=O)O)CCN(CC(=O)NCC2CCN(C(=O)N[C@@H](Cc3ccc4ccccc4c3)C(=O)NCCCC[C@H](NC(=O)N[C@@H](CCC(=O)O)C(=O)O)OC=O)CC2)CC1. The Bertz CT molecular complexity index is 2200. The van der Waals surface area contributed by atoms with Crippen molar-refractivity contribution in [2.24, 2.45) is 5.92 Å². The van der Waals surface area contributed by atoms with E-state index >= 15 is 0 Å². The maximum Gasteiger partial charge on any atom is 0.326 e. The van der Waals surface area contributed by atoms with Crippen LogP contribution in [0.15, 0.2) is 42.5 Å². The summed E-state index contributed by atoms with van der Waals surface area (Å²) >= 11 is 0. The topological polar surface area (TPSA) is 346 Å². The summed E-state index contributed by atoms with van der Waals surface area (Å²) in [5.41, 5.74) is 0.809. The number of aliphatic carboxylic acids is 4. The van der Waals surface area contributed by atoms with Crippen molar-refractivity contribution in [3.8, 4) is 0 Å². The number of hydrogen-bond donors (Lipinski definition) is 9. The molecule has 3 atom stereocenters. The molecule has 2 fully saturated rings. The molecule has 9 N–H and O–H groups in total. The van der Waals surface area contributed by atoms with Crippen LogP contribution < -0.4 is 26.6 Å². The third-order valence-corrected chi connectivity index (χ3v) is 12.7. The van der Waals surface area contributed by atoms with Crippen molar-refractivity contribution in [1.82, 2.24) is 51.1 Å². The molecule has 0 spiro atoms. The van der Waals surface area contributed by atoms with Gasteiger partial charge in [-0.1, -0.05) is 42.5 Å². The molecule has 0 aliphatic carbocycles. The molecular formula is C48H70N10O16. The van der Waals surface area contributed by atoms with Gasteiger partial charge in [0, 0.05) is 97.8 Å². The van der Waals surface area contributed by atoms with Crippen molar-refractivity contribution >= 4 is 71.5 Å². The predicted molar refractivity (Wildman–Crippen MR) is 263 cm³/mol. The minimum Gasteiger partial charge on any atom is -0.481 e. The van der Waals surface area contributed by atoms with Crippen LogP contribution in [0.25, 0.3) is 10.8 Å². The third kappa shape index (κ3) is 22.7. The van der Waals surface area contributed by atoms with Gasteiger partial charge in [0.25, 0.3) is 12.9 Å². The van der Waals surface area contributed by atoms with E-state index in [1.807, 2.05) is 52.3 Å². The molecule has 26 heteroatoms. The van der Waals surface area contributed by atoms with Crippen LogP contribution >= 0.6 is 0 Å². The second kappa shape index (κ2) is 32.1. The number of carboxylic acid groups (broad SMARTS) is 4. The number of piperidine rings is 1. The van der Waals surface area contributed by atoms with Gasteiger partial charge in [0.1, 0.15) is 18.8 Å². The molecule has 2 heterocycles. The molecule has 6 amide bonds. The summed E-state index contributed by atoms with van der Waals surface area (Å²) in [6.07, 6.45) is 0.0964. The van der Waals surface area contributed by atoms with Gasteiger partial charge in [0.15, 0.2) is 6.23 Å². The molecule has 74 heavy (non-hydrogen) atoms. The summed E-state index contributed by atoms with van der Waals surface area (Å²) in [4.78, 5) is 130. The van der Waals surface area contributed by atoms with E-state index < -0.39 is 66.6 Å². The Hall–Kier alpha value is -7.16. The van der Waals surface area contributed by atoms with Crippen LogP contribution in [0, 0.1) is 5.92 Å². The van der Waals surface area contributed by atoms with Crippen molar-refractivity contribution in [3.63, 3.8) is 0 Å². The summed E-state index contributed by atoms with van der Waals surface area (Å²) in [7, 11) is 0. The first-order chi connectivity index (χ1) is 35.5. The first kappa shape index (κ1) is 59.4. The molecular weight excluding hydrogens is 973 g/mol. The Morgan fingerprint density at radius 1 is 0.635 bits per heavy atom. The molecule has 2 aliphatic heterocycles. The molecule has 0 radical (unpaired) electrons. The number of urea groups is 2. The zero-order valence-electron chi connectivity index (χ0n) is 41.4. The Labute approximate surface area is 428 Å². The maximum atomic E-state index is 13.8. The van der Waals surface area contributed by atoms with Gasteiger partial charge in [0.2, 0.25) is 11.8 Å². The van der Waals surface area contributed by atoms with Crippen LogP contribution in [0.4, 0.5) is 9.59 Å². The van der Waals surface area contributed by atoms with Crippen molar-refractivity contribution < 1.29 is 77.8 Å². The maximum absolute atomic E-state index is 13.8. The van der Waals surface area contributed by atoms with Crippen LogP contribution in [-0.4, -0.2) is 229 Å². The lowest BCUT2D eigenvalue weighted by atomic mass is 9.97. The average Bonchev–Trinajstić information content (AvgIpc) is 3.35. The van der Waals surface area contributed by atoms with Crippen molar-refractivity contribution in [2.45, 2.75) is 69.7 Å². The molecule has 2 aromatic carbocycles. The minimum absolute atomic E-state index is 0.0106. The fraction of sp³-hybridized carbons (Fsp3) is 0.583. The fourth-order valence-corrected chi connectivity index (χ4v) is 8.51. The van der Waals surface area contributed by atoms with Crippen LogP contribution in [0.1, 0.15) is 50.5 Å². The number of amides is 6. The molecule has 0 saturated carbocycles. The molecule has 0 aromatic heterocycles. The van der Waals surface area contributed by atoms with E-state index in [4.69, 9.17) is 14.6 Å². The summed E-state index contributed by atoms with van der Waals surface area (Å²) in [5.74, 6) is -5.38. The lowest BCUT2D eigenvalue weighted by molar-refractivity contribution is -0.141. The highest BCUT2D eigenvalue weighted by Crippen LogP contribution is 2.19. The predicted octanol–water partition coefficient (Wildman–Crippen LogP) is -0.787. The number of nitrogens with one attached hydrogen (secondary N) is 5. The smallest absolute Gasteiger partial charge is 0.326 e. The summed E-state index contributed by atoms with van der Waals surface area (Å²) in [5, 5.41) is 52.4. The van der Waals surface area contributed by atoms with E-state index in [2.05, 4.69) is 26.6 Å². The molecule has 0 unspecified atom stereocenters. The molecule has 408 valence electrons. The lowest BCUT2D eigenvalue weighted by Crippen LogP contribution is -2.54. The van der Waals surface area contributed by atoms with Crippen LogP contribution in [-0.2, 0) is 54.3 Å². The lowest BCUT2D eigenvalue weighted by Gasteiger charge is -2.34. The number of hydrogen-bond acceptors (Lipinski definition) is 16. The highest BCUT2D eigenvalue weighted by molar-refractivity contribution is 5.88. The highest BCUT2D eigenvalue weighted by atomic mass is 16.5. The van der Waals surface area contributed by atoms with Gasteiger partial charge >= 0.3 is 35.9 Å². The van der Waals surface area contributed by atoms with Gasteiger partial charge in [0.05, 0.1) is 19.6 Å². The monoisotopic (exact) mass is 1040 g/mol. The molecule has 2 aliphatic rings. The van der Waals surface area contributed by atoms with Crippen molar-refractivity contribution in [1.29, 1.82) is 0 Å². The minimum atomic E-state index is -1.49. The van der Waals surface area contributed by atoms with Gasteiger partial charge in [-0.05, 0) is 54.4 Å². The van der Waals surface area contributed by atoms with E-state index in [0.29, 0.717) is 97.6 Å². The normalized spacial score (nSPS) is 16.9. The Morgan fingerprint density at radius 2 is 1.24 bits per heavy atom. The number of fused-ring (bicyclic) bond motifs is 1. The molecule has 2 aromatic rings. The van der Waals surface area contributed by atoms with Gasteiger partial charge < -0.3 is 61.4 Å². The molecule has 2 saturated heterocycles. The van der Waals surface area contributed by atoms with E-state index in [9.17, 15) is 63.3 Å². The van der Waals surface area contributed by atoms with Crippen LogP contribution in [0.3, 0.4) is 0 Å². The number of likely N-dealkylation sites (tertiary alicyclic amines) is 1. The summed E-state index contributed by atoms with van der Waals surface area (Å²) < 4.78 is 9.93. The first-order valence-electron chi connectivity index (χ1n) is 24.6. The van der Waals surface area contributed by atoms with E-state index in [1.165, 1.54) is 0 Å². The Kier molecular flexibility index (Phi) is 25.8. The molecule has 0 bridgehead atoms. The number of unbranched alkanes of at least 4 members (excludes halogenated alkanes) is 1. The average molecular weight is 1040 g/mol. The van der Waals surface area contributed by atoms with Crippen molar-refractivity contribution in [2.75, 3.05) is 105 Å². The standard InChI is InChI=1S/C48H70N10O16/c59-32-73-31-57-23-21-54(17-18-55(29-43(64)65)19-20-56(22-24-57)30-44(66)67)28-40(61)50-27-34-12-15-58(16-13-34)48(72)52-39(26-35-8-9-36-5-1-2-6-37(36)25-35)45(68)49-14-4-3-7-41(74-33-60)53-47(71)51-38(46(69)70)10-11-42(62)63/h1-2,5-6,8-9,25,32-34,38-39,41H,3-4,7,10-24,26-31H2,(H,49,68)(H,50,61)(H,52,72)(H,62,63)(H,64,65)(H,66,67)(H,69,70)(H2,51,53,71)/t38-,39-,41+/m0/s1. The van der Waals surface area contributed by atoms with Gasteiger partial charge in [-0.2, -0.15) is 0 Å². The number of carbonyl (C=O) groups is 10. The number of nitrogens with zero attached hydrogens (tertiary/aromatic N) is 5. The second-order valence-electron chi connectivity index (χ2n) is 18.2. The zero-order chi connectivity index (χ0) is 53.8. The van der Waals surface area contributed by atoms with Crippen LogP contribution in [0.2, 0.25) is 0 Å². The Morgan fingerprint density at radius 3 is 1.82 bits per heavy atom. The van der Waals surface area contributed by atoms with Crippen LogP contribution in [0.5, 0.6) is 0 Å². The van der Waals surface area contributed by atoms with E-state index in [0.717, 1.165) is 16.3 Å². The van der Waals surface area contributed by atoms with Crippen molar-refractivity contribution in [3.05, 3.63) is 48.0 Å². The summed E-state index contributed by atoms with van der Waals surface area (Å²) in [6, 6.07) is 9.63. The largest absolute Gasteiger partial charge is 0.481 e. The zero-order valence-corrected chi connectivity index (χ0v) is 41.4. The van der Waals surface area contributed by atoms with Gasteiger partial charge in [-0.3, -0.25) is 53.2 Å². The number of ether oxygens (including phenoxy) is 2. The quantitative estimate of drug-likeness (QED) is 0.0287. The van der Waals surface area contributed by atoms with Gasteiger partial charge in [-0.15, -0.1) is 0 Å². The number of benzene rings is 2. The summed E-state index contributed by atoms with van der Waals surface area (Å²) in [6.45, 7) is 3.84. The number of carbonyl (C=O) groups excluding carboxylic acids is 6. The fourth-order valence-electron chi connectivity index (χ4n) is 8.51. The number of carboxylic acids is 4.